The Morgan fingerprint density at radius 1 is 1.36 bits per heavy atom. The summed E-state index contributed by atoms with van der Waals surface area (Å²) in [5.41, 5.74) is 2.88. The number of pyridine rings is 1. The number of likely N-dealkylation sites (N-methyl/N-ethyl adjacent to an activating group) is 1. The van der Waals surface area contributed by atoms with Crippen LogP contribution in [0.3, 0.4) is 0 Å². The van der Waals surface area contributed by atoms with Gasteiger partial charge in [0.1, 0.15) is 11.1 Å². The standard InChI is InChI=1S/C19H22N4OS/c1-3-23(17-8-4-6-15(2)12-17)11-10-21-18(24)14-25-19-16(13-20)7-5-9-22-19/h4-9,12H,3,10-11,14H2,1-2H3,(H,21,24). The van der Waals surface area contributed by atoms with Gasteiger partial charge in [-0.15, -0.1) is 0 Å². The third-order valence-electron chi connectivity index (χ3n) is 3.68. The van der Waals surface area contributed by atoms with Gasteiger partial charge in [-0.2, -0.15) is 5.26 Å². The minimum absolute atomic E-state index is 0.0557. The molecule has 0 aliphatic rings. The third kappa shape index (κ3) is 5.80. The number of thioether (sulfide) groups is 1. The van der Waals surface area contributed by atoms with Crippen LogP contribution in [-0.4, -0.2) is 36.3 Å². The molecule has 1 heterocycles. The highest BCUT2D eigenvalue weighted by Gasteiger charge is 2.09. The monoisotopic (exact) mass is 354 g/mol. The number of aromatic nitrogens is 1. The minimum atomic E-state index is -0.0557. The van der Waals surface area contributed by atoms with Crippen LogP contribution in [0.2, 0.25) is 0 Å². The van der Waals surface area contributed by atoms with Crippen LogP contribution in [0.25, 0.3) is 0 Å². The summed E-state index contributed by atoms with van der Waals surface area (Å²) in [6.07, 6.45) is 1.63. The van der Waals surface area contributed by atoms with E-state index < -0.39 is 0 Å². The molecule has 1 aromatic heterocycles. The van der Waals surface area contributed by atoms with Crippen molar-refractivity contribution in [3.63, 3.8) is 0 Å². The van der Waals surface area contributed by atoms with Crippen molar-refractivity contribution in [2.24, 2.45) is 0 Å². The second-order valence-corrected chi connectivity index (χ2v) is 6.49. The molecule has 0 aliphatic heterocycles. The number of nitrogens with zero attached hydrogens (tertiary/aromatic N) is 3. The maximum atomic E-state index is 12.0. The molecule has 0 unspecified atom stereocenters. The fourth-order valence-electron chi connectivity index (χ4n) is 2.40. The van der Waals surface area contributed by atoms with E-state index >= 15 is 0 Å². The van der Waals surface area contributed by atoms with Crippen LogP contribution in [0, 0.1) is 18.3 Å². The van der Waals surface area contributed by atoms with E-state index in [4.69, 9.17) is 5.26 Å². The van der Waals surface area contributed by atoms with Crippen LogP contribution in [0.1, 0.15) is 18.1 Å². The molecule has 0 saturated carbocycles. The number of carbonyl (C=O) groups is 1. The molecule has 0 saturated heterocycles. The second-order valence-electron chi connectivity index (χ2n) is 5.53. The van der Waals surface area contributed by atoms with E-state index in [0.29, 0.717) is 17.1 Å². The van der Waals surface area contributed by atoms with E-state index in [1.165, 1.54) is 23.0 Å². The molecular formula is C19H22N4OS. The topological polar surface area (TPSA) is 69.0 Å². The largest absolute Gasteiger partial charge is 0.370 e. The van der Waals surface area contributed by atoms with Crippen molar-refractivity contribution < 1.29 is 4.79 Å². The summed E-state index contributed by atoms with van der Waals surface area (Å²) in [5.74, 6) is 0.197. The van der Waals surface area contributed by atoms with E-state index in [-0.39, 0.29) is 11.7 Å². The predicted molar refractivity (Wildman–Crippen MR) is 102 cm³/mol. The van der Waals surface area contributed by atoms with Crippen molar-refractivity contribution in [2.45, 2.75) is 18.9 Å². The molecule has 0 aliphatic carbocycles. The minimum Gasteiger partial charge on any atom is -0.370 e. The smallest absolute Gasteiger partial charge is 0.230 e. The summed E-state index contributed by atoms with van der Waals surface area (Å²) in [6, 6.07) is 13.8. The number of carbonyl (C=O) groups excluding carboxylic acids is 1. The van der Waals surface area contributed by atoms with Crippen LogP contribution in [0.4, 0.5) is 5.69 Å². The quantitative estimate of drug-likeness (QED) is 0.738. The molecule has 2 rings (SSSR count). The lowest BCUT2D eigenvalue weighted by atomic mass is 10.2. The SMILES string of the molecule is CCN(CCNC(=O)CSc1ncccc1C#N)c1cccc(C)c1. The first-order valence-corrected chi connectivity index (χ1v) is 9.18. The third-order valence-corrected chi connectivity index (χ3v) is 4.69. The van der Waals surface area contributed by atoms with Gasteiger partial charge in [-0.1, -0.05) is 23.9 Å². The summed E-state index contributed by atoms with van der Waals surface area (Å²) < 4.78 is 0. The van der Waals surface area contributed by atoms with Crippen molar-refractivity contribution in [1.29, 1.82) is 5.26 Å². The molecule has 1 aromatic carbocycles. The summed E-state index contributed by atoms with van der Waals surface area (Å²) in [4.78, 5) is 18.4. The van der Waals surface area contributed by atoms with Gasteiger partial charge >= 0.3 is 0 Å². The number of amides is 1. The summed E-state index contributed by atoms with van der Waals surface area (Å²) >= 11 is 1.28. The lowest BCUT2D eigenvalue weighted by Crippen LogP contribution is -2.35. The van der Waals surface area contributed by atoms with Crippen molar-refractivity contribution in [1.82, 2.24) is 10.3 Å². The Labute approximate surface area is 153 Å². The highest BCUT2D eigenvalue weighted by Crippen LogP contribution is 2.18. The normalized spacial score (nSPS) is 10.1. The van der Waals surface area contributed by atoms with Gasteiger partial charge in [0.15, 0.2) is 0 Å². The molecule has 130 valence electrons. The predicted octanol–water partition coefficient (Wildman–Crippen LogP) is 3.00. The fraction of sp³-hybridized carbons (Fsp3) is 0.316. The van der Waals surface area contributed by atoms with Crippen LogP contribution in [0.5, 0.6) is 0 Å². The second kappa shape index (κ2) is 9.70. The summed E-state index contributed by atoms with van der Waals surface area (Å²) in [7, 11) is 0. The van der Waals surface area contributed by atoms with E-state index in [2.05, 4.69) is 53.3 Å². The average molecular weight is 354 g/mol. The van der Waals surface area contributed by atoms with Gasteiger partial charge in [-0.05, 0) is 43.7 Å². The zero-order valence-corrected chi connectivity index (χ0v) is 15.3. The van der Waals surface area contributed by atoms with Gasteiger partial charge < -0.3 is 10.2 Å². The molecule has 0 atom stereocenters. The van der Waals surface area contributed by atoms with E-state index in [0.717, 1.165) is 13.1 Å². The fourth-order valence-corrected chi connectivity index (χ4v) is 3.18. The van der Waals surface area contributed by atoms with E-state index in [1.54, 1.807) is 18.3 Å². The van der Waals surface area contributed by atoms with Crippen molar-refractivity contribution in [3.05, 3.63) is 53.7 Å². The summed E-state index contributed by atoms with van der Waals surface area (Å²) in [5, 5.41) is 12.6. The number of hydrogen-bond donors (Lipinski definition) is 1. The average Bonchev–Trinajstić information content (AvgIpc) is 2.63. The first kappa shape index (κ1) is 18.8. The lowest BCUT2D eigenvalue weighted by Gasteiger charge is -2.23. The van der Waals surface area contributed by atoms with Crippen LogP contribution in [-0.2, 0) is 4.79 Å². The number of rotatable bonds is 8. The first-order valence-electron chi connectivity index (χ1n) is 8.20. The molecule has 1 amide bonds. The molecule has 0 bridgehead atoms. The van der Waals surface area contributed by atoms with Crippen molar-refractivity contribution >= 4 is 23.4 Å². The molecule has 0 radical (unpaired) electrons. The number of aryl methyl sites for hydroxylation is 1. The highest BCUT2D eigenvalue weighted by molar-refractivity contribution is 7.99. The maximum Gasteiger partial charge on any atom is 0.230 e. The van der Waals surface area contributed by atoms with Crippen molar-refractivity contribution in [2.75, 3.05) is 30.3 Å². The highest BCUT2D eigenvalue weighted by atomic mass is 32.2. The molecule has 2 aromatic rings. The summed E-state index contributed by atoms with van der Waals surface area (Å²) in [6.45, 7) is 6.39. The van der Waals surface area contributed by atoms with Gasteiger partial charge in [0, 0.05) is 31.5 Å². The Bertz CT molecular complexity index is 757. The molecule has 6 heteroatoms. The molecular weight excluding hydrogens is 332 g/mol. The number of benzene rings is 1. The van der Waals surface area contributed by atoms with Gasteiger partial charge in [-0.3, -0.25) is 4.79 Å². The van der Waals surface area contributed by atoms with Crippen LogP contribution < -0.4 is 10.2 Å². The van der Waals surface area contributed by atoms with E-state index in [1.807, 2.05) is 6.07 Å². The van der Waals surface area contributed by atoms with Gasteiger partial charge in [0.05, 0.1) is 11.3 Å². The zero-order chi connectivity index (χ0) is 18.1. The zero-order valence-electron chi connectivity index (χ0n) is 14.5. The number of nitrogens with one attached hydrogen (secondary N) is 1. The maximum absolute atomic E-state index is 12.0. The molecule has 0 spiro atoms. The Morgan fingerprint density at radius 2 is 2.20 bits per heavy atom. The Morgan fingerprint density at radius 3 is 2.92 bits per heavy atom. The number of anilines is 1. The first-order chi connectivity index (χ1) is 12.1. The Hall–Kier alpha value is -2.52. The number of nitriles is 1. The lowest BCUT2D eigenvalue weighted by molar-refractivity contribution is -0.118. The van der Waals surface area contributed by atoms with Gasteiger partial charge in [-0.25, -0.2) is 4.98 Å². The van der Waals surface area contributed by atoms with E-state index in [9.17, 15) is 4.79 Å². The number of hydrogen-bond acceptors (Lipinski definition) is 5. The Balaban J connectivity index is 1.79. The molecule has 1 N–H and O–H groups in total. The molecule has 0 fully saturated rings. The Kier molecular flexibility index (Phi) is 7.30. The molecule has 25 heavy (non-hydrogen) atoms. The van der Waals surface area contributed by atoms with Gasteiger partial charge in [0.2, 0.25) is 5.91 Å². The van der Waals surface area contributed by atoms with Crippen LogP contribution in [0.15, 0.2) is 47.6 Å². The van der Waals surface area contributed by atoms with Crippen LogP contribution >= 0.6 is 11.8 Å². The molecule has 5 nitrogen and oxygen atoms in total. The van der Waals surface area contributed by atoms with Crippen molar-refractivity contribution in [3.8, 4) is 6.07 Å². The van der Waals surface area contributed by atoms with Gasteiger partial charge in [0.25, 0.3) is 0 Å².